The zero-order chi connectivity index (χ0) is 34.6. The molecule has 254 valence electrons. The van der Waals surface area contributed by atoms with Crippen molar-refractivity contribution in [1.29, 1.82) is 0 Å². The van der Waals surface area contributed by atoms with E-state index in [2.05, 4.69) is 34.4 Å². The standard InChI is InChI=1S/C30H30ClFN6O2S.C2HF3O2/c1-17(2)33-12-21(39)13-38-14-23-25(37-38)8-7-22-27-29(34-16-35-30(27)41-28(22)23)36-20-6-9-26(24(31)11-20)40-15-18-4-3-5-19(32)10-18;3-2(4,5)1(6)7/h3-6,9-11,14,16-17,21,33,39H,7-8,12-13,15H2,1-2H3,(H,34,35,36);(H,6,7)/t21-;/m1./s1. The molecule has 2 aromatic carbocycles. The van der Waals surface area contributed by atoms with Crippen LogP contribution in [-0.4, -0.2) is 60.8 Å². The van der Waals surface area contributed by atoms with Crippen LogP contribution in [0.1, 0.15) is 30.7 Å². The van der Waals surface area contributed by atoms with Gasteiger partial charge in [-0.15, -0.1) is 11.3 Å². The SMILES string of the molecule is CC(C)NC[C@@H](O)Cn1cc2c(n1)CCc1c-2sc2ncnc(Nc3ccc(OCc4cccc(F)c4)c(Cl)c3)c12.O=C(O)C(F)(F)F. The van der Waals surface area contributed by atoms with Crippen LogP contribution in [-0.2, 0) is 30.8 Å². The average molecular weight is 707 g/mol. The number of ether oxygens (including phenoxy) is 1. The summed E-state index contributed by atoms with van der Waals surface area (Å²) in [5, 5.41) is 30.5. The van der Waals surface area contributed by atoms with Crippen molar-refractivity contribution in [1.82, 2.24) is 25.1 Å². The molecule has 0 radical (unpaired) electrons. The number of halogens is 5. The van der Waals surface area contributed by atoms with Gasteiger partial charge in [-0.3, -0.25) is 4.68 Å². The quantitative estimate of drug-likeness (QED) is 0.116. The molecule has 16 heteroatoms. The Morgan fingerprint density at radius 3 is 2.62 bits per heavy atom. The molecule has 48 heavy (non-hydrogen) atoms. The minimum absolute atomic E-state index is 0.212. The Balaban J connectivity index is 0.000000582. The molecule has 0 amide bonds. The lowest BCUT2D eigenvalue weighted by Crippen LogP contribution is -2.34. The molecule has 3 heterocycles. The fourth-order valence-electron chi connectivity index (χ4n) is 4.99. The number of thiophene rings is 1. The number of rotatable bonds is 10. The molecule has 4 N–H and O–H groups in total. The third-order valence-corrected chi connectivity index (χ3v) is 8.63. The number of nitrogens with zero attached hydrogens (tertiary/aromatic N) is 4. The van der Waals surface area contributed by atoms with Gasteiger partial charge in [-0.05, 0) is 54.3 Å². The molecule has 0 fully saturated rings. The molecule has 0 saturated carbocycles. The minimum Gasteiger partial charge on any atom is -0.487 e. The van der Waals surface area contributed by atoms with E-state index in [4.69, 9.17) is 31.3 Å². The number of aliphatic hydroxyl groups is 1. The molecule has 0 saturated heterocycles. The zero-order valence-electron chi connectivity index (χ0n) is 25.7. The maximum atomic E-state index is 13.5. The highest BCUT2D eigenvalue weighted by Gasteiger charge is 2.38. The van der Waals surface area contributed by atoms with Gasteiger partial charge in [-0.2, -0.15) is 18.3 Å². The van der Waals surface area contributed by atoms with Crippen LogP contribution in [0.3, 0.4) is 0 Å². The molecule has 1 aliphatic rings. The lowest BCUT2D eigenvalue weighted by atomic mass is 9.95. The van der Waals surface area contributed by atoms with Gasteiger partial charge in [0.2, 0.25) is 0 Å². The second-order valence-corrected chi connectivity index (χ2v) is 12.6. The number of aliphatic hydroxyl groups excluding tert-OH is 1. The van der Waals surface area contributed by atoms with Gasteiger partial charge < -0.3 is 25.6 Å². The highest BCUT2D eigenvalue weighted by Crippen LogP contribution is 2.45. The van der Waals surface area contributed by atoms with Gasteiger partial charge in [-0.1, -0.05) is 37.6 Å². The van der Waals surface area contributed by atoms with Gasteiger partial charge in [0.15, 0.2) is 0 Å². The number of carboxylic acid groups (broad SMARTS) is 1. The Hall–Kier alpha value is -4.31. The summed E-state index contributed by atoms with van der Waals surface area (Å²) in [6, 6.07) is 12.1. The molecule has 0 unspecified atom stereocenters. The normalized spacial score (nSPS) is 13.0. The number of fused-ring (bicyclic) bond motifs is 5. The molecule has 1 atom stereocenters. The summed E-state index contributed by atoms with van der Waals surface area (Å²) in [5.74, 6) is -1.84. The van der Waals surface area contributed by atoms with Crippen molar-refractivity contribution in [3.63, 3.8) is 0 Å². The second kappa shape index (κ2) is 14.8. The predicted molar refractivity (Wildman–Crippen MR) is 174 cm³/mol. The molecule has 6 rings (SSSR count). The number of carboxylic acids is 1. The summed E-state index contributed by atoms with van der Waals surface area (Å²) in [6.07, 6.45) is -0.379. The molecular weight excluding hydrogens is 676 g/mol. The summed E-state index contributed by atoms with van der Waals surface area (Å²) in [5.41, 5.74) is 4.81. The lowest BCUT2D eigenvalue weighted by molar-refractivity contribution is -0.192. The first-order valence-electron chi connectivity index (χ1n) is 14.8. The highest BCUT2D eigenvalue weighted by molar-refractivity contribution is 7.22. The fourth-order valence-corrected chi connectivity index (χ4v) is 6.44. The number of hydrogen-bond acceptors (Lipinski definition) is 9. The number of nitrogens with one attached hydrogen (secondary N) is 2. The maximum Gasteiger partial charge on any atom is 0.490 e. The molecule has 10 nitrogen and oxygen atoms in total. The van der Waals surface area contributed by atoms with E-state index < -0.39 is 18.2 Å². The Bertz CT molecular complexity index is 1920. The van der Waals surface area contributed by atoms with Crippen LogP contribution in [0.25, 0.3) is 20.7 Å². The van der Waals surface area contributed by atoms with Gasteiger partial charge in [0.25, 0.3) is 0 Å². The number of anilines is 2. The number of carbonyl (C=O) groups is 1. The fraction of sp³-hybridized carbons (Fsp3) is 0.312. The van der Waals surface area contributed by atoms with Gasteiger partial charge in [0, 0.05) is 34.9 Å². The summed E-state index contributed by atoms with van der Waals surface area (Å²) in [4.78, 5) is 20.1. The first kappa shape index (κ1) is 35.0. The van der Waals surface area contributed by atoms with Crippen molar-refractivity contribution in [3.8, 4) is 16.2 Å². The van der Waals surface area contributed by atoms with E-state index in [0.29, 0.717) is 35.7 Å². The Labute approximate surface area is 281 Å². The Morgan fingerprint density at radius 2 is 1.94 bits per heavy atom. The van der Waals surface area contributed by atoms with Crippen LogP contribution < -0.4 is 15.4 Å². The van der Waals surface area contributed by atoms with Crippen LogP contribution in [0.4, 0.5) is 29.1 Å². The van der Waals surface area contributed by atoms with E-state index in [1.54, 1.807) is 41.9 Å². The number of hydrogen-bond donors (Lipinski definition) is 4. The van der Waals surface area contributed by atoms with Gasteiger partial charge in [0.1, 0.15) is 35.1 Å². The van der Waals surface area contributed by atoms with Crippen molar-refractivity contribution < 1.29 is 37.3 Å². The van der Waals surface area contributed by atoms with Crippen molar-refractivity contribution in [3.05, 3.63) is 82.6 Å². The first-order valence-corrected chi connectivity index (χ1v) is 16.0. The maximum absolute atomic E-state index is 13.5. The van der Waals surface area contributed by atoms with E-state index >= 15 is 0 Å². The smallest absolute Gasteiger partial charge is 0.487 e. The number of aliphatic carboxylic acids is 1. The lowest BCUT2D eigenvalue weighted by Gasteiger charge is -2.14. The van der Waals surface area contributed by atoms with Gasteiger partial charge >= 0.3 is 12.1 Å². The molecular formula is C32H31ClF4N6O4S. The van der Waals surface area contributed by atoms with Crippen LogP contribution in [0.5, 0.6) is 5.75 Å². The van der Waals surface area contributed by atoms with Crippen molar-refractivity contribution in [2.75, 3.05) is 11.9 Å². The minimum atomic E-state index is -5.08. The third-order valence-electron chi connectivity index (χ3n) is 7.16. The topological polar surface area (TPSA) is 134 Å². The largest absolute Gasteiger partial charge is 0.490 e. The monoisotopic (exact) mass is 706 g/mol. The molecule has 0 bridgehead atoms. The van der Waals surface area contributed by atoms with Crippen LogP contribution in [0.15, 0.2) is 55.0 Å². The number of aromatic nitrogens is 4. The number of benzene rings is 2. The molecule has 0 aliphatic heterocycles. The van der Waals surface area contributed by atoms with E-state index in [9.17, 15) is 22.7 Å². The van der Waals surface area contributed by atoms with Crippen molar-refractivity contribution in [2.45, 2.75) is 58.2 Å². The van der Waals surface area contributed by atoms with E-state index in [-0.39, 0.29) is 12.4 Å². The van der Waals surface area contributed by atoms with Crippen LogP contribution in [0.2, 0.25) is 5.02 Å². The van der Waals surface area contributed by atoms with E-state index in [1.807, 2.05) is 16.9 Å². The molecule has 5 aromatic rings. The summed E-state index contributed by atoms with van der Waals surface area (Å²) in [6.45, 7) is 5.28. The number of aryl methyl sites for hydroxylation is 2. The van der Waals surface area contributed by atoms with E-state index in [0.717, 1.165) is 50.4 Å². The van der Waals surface area contributed by atoms with Crippen molar-refractivity contribution >= 4 is 50.6 Å². The highest BCUT2D eigenvalue weighted by atomic mass is 35.5. The first-order chi connectivity index (χ1) is 22.8. The predicted octanol–water partition coefficient (Wildman–Crippen LogP) is 6.76. The van der Waals surface area contributed by atoms with Crippen LogP contribution in [0, 0.1) is 5.82 Å². The Morgan fingerprint density at radius 1 is 1.17 bits per heavy atom. The molecule has 0 spiro atoms. The zero-order valence-corrected chi connectivity index (χ0v) is 27.3. The number of alkyl halides is 3. The van der Waals surface area contributed by atoms with Gasteiger partial charge in [0.05, 0.1) is 28.8 Å². The Kier molecular flexibility index (Phi) is 10.8. The molecule has 1 aliphatic carbocycles. The second-order valence-electron chi connectivity index (χ2n) is 11.2. The average Bonchev–Trinajstić information content (AvgIpc) is 3.61. The van der Waals surface area contributed by atoms with Crippen LogP contribution >= 0.6 is 22.9 Å². The summed E-state index contributed by atoms with van der Waals surface area (Å²) in [7, 11) is 0. The van der Waals surface area contributed by atoms with Gasteiger partial charge in [-0.25, -0.2) is 19.2 Å². The van der Waals surface area contributed by atoms with E-state index in [1.165, 1.54) is 17.7 Å². The van der Waals surface area contributed by atoms with Crippen molar-refractivity contribution in [2.24, 2.45) is 0 Å². The molecule has 3 aromatic heterocycles. The summed E-state index contributed by atoms with van der Waals surface area (Å²) < 4.78 is 52.9. The summed E-state index contributed by atoms with van der Waals surface area (Å²) >= 11 is 8.17. The third kappa shape index (κ3) is 8.58.